The SMILES string of the molecule is COC(=O)c1ccccc1NCC(COC1CCCCC1)OC(C)=O. The second-order valence-electron chi connectivity index (χ2n) is 6.24. The van der Waals surface area contributed by atoms with Crippen molar-refractivity contribution in [2.45, 2.75) is 51.2 Å². The van der Waals surface area contributed by atoms with Crippen molar-refractivity contribution < 1.29 is 23.8 Å². The number of ether oxygens (including phenoxy) is 3. The van der Waals surface area contributed by atoms with Crippen molar-refractivity contribution >= 4 is 17.6 Å². The molecule has 6 heteroatoms. The fourth-order valence-corrected chi connectivity index (χ4v) is 2.99. The van der Waals surface area contributed by atoms with E-state index in [0.717, 1.165) is 12.8 Å². The van der Waals surface area contributed by atoms with E-state index < -0.39 is 12.1 Å². The summed E-state index contributed by atoms with van der Waals surface area (Å²) < 4.78 is 16.1. The Kier molecular flexibility index (Phi) is 7.73. The van der Waals surface area contributed by atoms with E-state index in [-0.39, 0.29) is 12.1 Å². The van der Waals surface area contributed by atoms with Crippen molar-refractivity contribution in [2.75, 3.05) is 25.6 Å². The molecule has 1 N–H and O–H groups in total. The maximum Gasteiger partial charge on any atom is 0.339 e. The highest BCUT2D eigenvalue weighted by atomic mass is 16.6. The van der Waals surface area contributed by atoms with E-state index in [4.69, 9.17) is 14.2 Å². The van der Waals surface area contributed by atoms with Crippen LogP contribution < -0.4 is 5.32 Å². The summed E-state index contributed by atoms with van der Waals surface area (Å²) >= 11 is 0. The normalized spacial score (nSPS) is 16.1. The minimum absolute atomic E-state index is 0.245. The number of esters is 2. The average molecular weight is 349 g/mol. The van der Waals surface area contributed by atoms with Crippen LogP contribution in [0, 0.1) is 0 Å². The Hall–Kier alpha value is -2.08. The van der Waals surface area contributed by atoms with E-state index in [1.54, 1.807) is 18.2 Å². The maximum atomic E-state index is 11.8. The molecule has 2 rings (SSSR count). The molecule has 0 spiro atoms. The van der Waals surface area contributed by atoms with Crippen molar-refractivity contribution in [2.24, 2.45) is 0 Å². The predicted octanol–water partition coefficient (Wildman–Crippen LogP) is 3.17. The lowest BCUT2D eigenvalue weighted by molar-refractivity contribution is -0.150. The quantitative estimate of drug-likeness (QED) is 0.727. The van der Waals surface area contributed by atoms with Gasteiger partial charge in [-0.1, -0.05) is 31.4 Å². The standard InChI is InChI=1S/C19H27NO5/c1-14(21)25-16(13-24-15-8-4-3-5-9-15)12-20-18-11-7-6-10-17(18)19(22)23-2/h6-7,10-11,15-16,20H,3-5,8-9,12-13H2,1-2H3. The van der Waals surface area contributed by atoms with Gasteiger partial charge in [-0.2, -0.15) is 0 Å². The van der Waals surface area contributed by atoms with Crippen LogP contribution in [0.25, 0.3) is 0 Å². The fourth-order valence-electron chi connectivity index (χ4n) is 2.99. The van der Waals surface area contributed by atoms with Crippen LogP contribution in [0.4, 0.5) is 5.69 Å². The summed E-state index contributed by atoms with van der Waals surface area (Å²) in [6, 6.07) is 7.08. The molecule has 1 aromatic carbocycles. The summed E-state index contributed by atoms with van der Waals surface area (Å²) in [5.74, 6) is -0.758. The van der Waals surface area contributed by atoms with Gasteiger partial charge in [0.1, 0.15) is 6.10 Å². The van der Waals surface area contributed by atoms with Crippen LogP contribution in [0.1, 0.15) is 49.4 Å². The van der Waals surface area contributed by atoms with E-state index >= 15 is 0 Å². The molecule has 1 aliphatic rings. The first kappa shape index (κ1) is 19.2. The summed E-state index contributed by atoms with van der Waals surface area (Å²) in [6.45, 7) is 2.09. The molecule has 1 fully saturated rings. The molecular weight excluding hydrogens is 322 g/mol. The van der Waals surface area contributed by atoms with Gasteiger partial charge in [0.15, 0.2) is 0 Å². The number of benzene rings is 1. The lowest BCUT2D eigenvalue weighted by Crippen LogP contribution is -2.32. The van der Waals surface area contributed by atoms with Crippen LogP contribution in [0.15, 0.2) is 24.3 Å². The zero-order chi connectivity index (χ0) is 18.1. The van der Waals surface area contributed by atoms with Gasteiger partial charge >= 0.3 is 11.9 Å². The zero-order valence-corrected chi connectivity index (χ0v) is 15.0. The summed E-state index contributed by atoms with van der Waals surface area (Å²) in [5.41, 5.74) is 1.09. The molecule has 1 atom stereocenters. The third kappa shape index (κ3) is 6.38. The molecule has 1 saturated carbocycles. The third-order valence-corrected chi connectivity index (χ3v) is 4.26. The Labute approximate surface area is 148 Å². The Bertz CT molecular complexity index is 569. The van der Waals surface area contributed by atoms with Crippen molar-refractivity contribution in [1.29, 1.82) is 0 Å². The van der Waals surface area contributed by atoms with Gasteiger partial charge in [0, 0.05) is 12.6 Å². The largest absolute Gasteiger partial charge is 0.465 e. The van der Waals surface area contributed by atoms with Gasteiger partial charge in [-0.3, -0.25) is 4.79 Å². The molecule has 1 aromatic rings. The monoisotopic (exact) mass is 349 g/mol. The molecule has 0 amide bonds. The Balaban J connectivity index is 1.93. The number of para-hydroxylation sites is 1. The Morgan fingerprint density at radius 3 is 2.60 bits per heavy atom. The summed E-state index contributed by atoms with van der Waals surface area (Å²) in [4.78, 5) is 23.2. The predicted molar refractivity (Wildman–Crippen MR) is 94.7 cm³/mol. The number of nitrogens with one attached hydrogen (secondary N) is 1. The molecule has 6 nitrogen and oxygen atoms in total. The van der Waals surface area contributed by atoms with E-state index in [1.807, 2.05) is 6.07 Å². The van der Waals surface area contributed by atoms with Crippen molar-refractivity contribution in [1.82, 2.24) is 0 Å². The third-order valence-electron chi connectivity index (χ3n) is 4.26. The highest BCUT2D eigenvalue weighted by Crippen LogP contribution is 2.21. The van der Waals surface area contributed by atoms with Crippen LogP contribution in [0.3, 0.4) is 0 Å². The van der Waals surface area contributed by atoms with Gasteiger partial charge in [-0.05, 0) is 25.0 Å². The molecule has 0 aliphatic heterocycles. The van der Waals surface area contributed by atoms with Gasteiger partial charge in [0.2, 0.25) is 0 Å². The van der Waals surface area contributed by atoms with Gasteiger partial charge < -0.3 is 19.5 Å². The lowest BCUT2D eigenvalue weighted by Gasteiger charge is -2.25. The molecule has 138 valence electrons. The summed E-state index contributed by atoms with van der Waals surface area (Å²) in [5, 5.41) is 3.16. The van der Waals surface area contributed by atoms with Gasteiger partial charge in [0.05, 0.1) is 31.9 Å². The van der Waals surface area contributed by atoms with Crippen LogP contribution in [-0.2, 0) is 19.0 Å². The first-order valence-electron chi connectivity index (χ1n) is 8.80. The molecule has 0 radical (unpaired) electrons. The molecular formula is C19H27NO5. The van der Waals surface area contributed by atoms with Crippen LogP contribution in [-0.4, -0.2) is 44.4 Å². The minimum Gasteiger partial charge on any atom is -0.465 e. The van der Waals surface area contributed by atoms with Crippen LogP contribution in [0.2, 0.25) is 0 Å². The van der Waals surface area contributed by atoms with E-state index in [9.17, 15) is 9.59 Å². The molecule has 0 bridgehead atoms. The molecule has 1 aliphatic carbocycles. The van der Waals surface area contributed by atoms with Crippen molar-refractivity contribution in [3.63, 3.8) is 0 Å². The van der Waals surface area contributed by atoms with Gasteiger partial charge in [-0.25, -0.2) is 4.79 Å². The molecule has 0 heterocycles. The maximum absolute atomic E-state index is 11.8. The number of hydrogen-bond donors (Lipinski definition) is 1. The number of carbonyl (C=O) groups is 2. The smallest absolute Gasteiger partial charge is 0.339 e. The number of carbonyl (C=O) groups excluding carboxylic acids is 2. The highest BCUT2D eigenvalue weighted by molar-refractivity contribution is 5.95. The average Bonchev–Trinajstić information content (AvgIpc) is 2.64. The lowest BCUT2D eigenvalue weighted by atomic mass is 9.98. The Morgan fingerprint density at radius 2 is 1.92 bits per heavy atom. The van der Waals surface area contributed by atoms with Crippen LogP contribution in [0.5, 0.6) is 0 Å². The minimum atomic E-state index is -0.412. The number of hydrogen-bond acceptors (Lipinski definition) is 6. The van der Waals surface area contributed by atoms with Gasteiger partial charge in [-0.15, -0.1) is 0 Å². The first-order valence-corrected chi connectivity index (χ1v) is 8.80. The number of anilines is 1. The fraction of sp³-hybridized carbons (Fsp3) is 0.579. The topological polar surface area (TPSA) is 73.9 Å². The van der Waals surface area contributed by atoms with E-state index in [1.165, 1.54) is 33.3 Å². The molecule has 0 aromatic heterocycles. The molecule has 0 saturated heterocycles. The Morgan fingerprint density at radius 1 is 1.20 bits per heavy atom. The number of methoxy groups -OCH3 is 1. The van der Waals surface area contributed by atoms with Crippen LogP contribution >= 0.6 is 0 Å². The summed E-state index contributed by atoms with van der Waals surface area (Å²) in [6.07, 6.45) is 5.59. The highest BCUT2D eigenvalue weighted by Gasteiger charge is 2.19. The van der Waals surface area contributed by atoms with E-state index in [2.05, 4.69) is 5.32 Å². The van der Waals surface area contributed by atoms with Crippen molar-refractivity contribution in [3.05, 3.63) is 29.8 Å². The van der Waals surface area contributed by atoms with Crippen molar-refractivity contribution in [3.8, 4) is 0 Å². The molecule has 1 unspecified atom stereocenters. The second-order valence-corrected chi connectivity index (χ2v) is 6.24. The summed E-state index contributed by atoms with van der Waals surface area (Å²) in [7, 11) is 1.35. The van der Waals surface area contributed by atoms with E-state index in [0.29, 0.717) is 24.4 Å². The second kappa shape index (κ2) is 10.0. The zero-order valence-electron chi connectivity index (χ0n) is 15.0. The number of rotatable bonds is 8. The molecule has 25 heavy (non-hydrogen) atoms. The van der Waals surface area contributed by atoms with Gasteiger partial charge in [0.25, 0.3) is 0 Å². The first-order chi connectivity index (χ1) is 12.1.